The molecule has 0 spiro atoms. The van der Waals surface area contributed by atoms with E-state index in [9.17, 15) is 9.18 Å². The van der Waals surface area contributed by atoms with Crippen LogP contribution in [-0.2, 0) is 6.54 Å². The van der Waals surface area contributed by atoms with E-state index in [4.69, 9.17) is 11.6 Å². The van der Waals surface area contributed by atoms with Gasteiger partial charge < -0.3 is 4.57 Å². The molecular formula is C17H12ClFN2OS. The van der Waals surface area contributed by atoms with E-state index < -0.39 is 11.7 Å². The van der Waals surface area contributed by atoms with Crippen molar-refractivity contribution in [2.45, 2.75) is 6.54 Å². The van der Waals surface area contributed by atoms with Gasteiger partial charge in [0.2, 0.25) is 0 Å². The fraction of sp³-hybridized carbons (Fsp3) is 0.0588. The standard InChI is InChI=1S/C17H12ClFN2OS/c1-2-10-21-15-13(18)4-3-5-14(15)23-17(21)20-16(22)11-6-8-12(19)9-7-11/h2-9H,1,10H2. The average molecular weight is 347 g/mol. The fourth-order valence-electron chi connectivity index (χ4n) is 2.21. The second-order valence-corrected chi connectivity index (χ2v) is 6.21. The number of fused-ring (bicyclic) bond motifs is 1. The van der Waals surface area contributed by atoms with Crippen LogP contribution in [-0.4, -0.2) is 10.5 Å². The summed E-state index contributed by atoms with van der Waals surface area (Å²) in [6, 6.07) is 10.9. The molecule has 0 saturated carbocycles. The summed E-state index contributed by atoms with van der Waals surface area (Å²) in [4.78, 5) is 17.0. The molecule has 0 aliphatic heterocycles. The van der Waals surface area contributed by atoms with Crippen LogP contribution < -0.4 is 4.80 Å². The number of nitrogens with zero attached hydrogens (tertiary/aromatic N) is 2. The number of carbonyl (C=O) groups is 1. The predicted molar refractivity (Wildman–Crippen MR) is 91.3 cm³/mol. The second kappa shape index (κ2) is 6.48. The van der Waals surface area contributed by atoms with Gasteiger partial charge in [0.25, 0.3) is 5.91 Å². The summed E-state index contributed by atoms with van der Waals surface area (Å²) >= 11 is 7.64. The van der Waals surface area contributed by atoms with Crippen molar-refractivity contribution in [3.63, 3.8) is 0 Å². The summed E-state index contributed by atoms with van der Waals surface area (Å²) in [5, 5.41) is 0.594. The van der Waals surface area contributed by atoms with Gasteiger partial charge in [0, 0.05) is 12.1 Å². The van der Waals surface area contributed by atoms with Crippen LogP contribution in [0.2, 0.25) is 5.02 Å². The summed E-state index contributed by atoms with van der Waals surface area (Å²) in [6.45, 7) is 4.22. The molecule has 2 aromatic carbocycles. The van der Waals surface area contributed by atoms with Crippen molar-refractivity contribution in [3.8, 4) is 0 Å². The van der Waals surface area contributed by atoms with Gasteiger partial charge >= 0.3 is 0 Å². The molecule has 116 valence electrons. The molecule has 6 heteroatoms. The first-order valence-corrected chi connectivity index (χ1v) is 8.03. The van der Waals surface area contributed by atoms with Crippen LogP contribution in [0.3, 0.4) is 0 Å². The second-order valence-electron chi connectivity index (χ2n) is 4.79. The molecule has 0 aliphatic rings. The topological polar surface area (TPSA) is 34.4 Å². The Hall–Kier alpha value is -2.24. The molecule has 0 atom stereocenters. The van der Waals surface area contributed by atoms with Crippen molar-refractivity contribution in [1.82, 2.24) is 4.57 Å². The summed E-state index contributed by atoms with van der Waals surface area (Å²) in [5.74, 6) is -0.817. The lowest BCUT2D eigenvalue weighted by atomic mass is 10.2. The number of aromatic nitrogens is 1. The highest BCUT2D eigenvalue weighted by Gasteiger charge is 2.11. The van der Waals surface area contributed by atoms with E-state index in [0.717, 1.165) is 10.2 Å². The molecule has 1 aromatic heterocycles. The highest BCUT2D eigenvalue weighted by Crippen LogP contribution is 2.25. The van der Waals surface area contributed by atoms with Crippen molar-refractivity contribution in [2.24, 2.45) is 4.99 Å². The Kier molecular flexibility index (Phi) is 4.41. The maximum atomic E-state index is 13.0. The number of para-hydroxylation sites is 1. The molecule has 3 aromatic rings. The van der Waals surface area contributed by atoms with Gasteiger partial charge in [-0.3, -0.25) is 4.79 Å². The van der Waals surface area contributed by atoms with Crippen LogP contribution in [0, 0.1) is 5.82 Å². The van der Waals surface area contributed by atoms with Gasteiger partial charge in [0.15, 0.2) is 4.80 Å². The first kappa shape index (κ1) is 15.6. The van der Waals surface area contributed by atoms with Crippen LogP contribution in [0.1, 0.15) is 10.4 Å². The number of benzene rings is 2. The molecule has 3 nitrogen and oxygen atoms in total. The van der Waals surface area contributed by atoms with E-state index in [0.29, 0.717) is 21.9 Å². The van der Waals surface area contributed by atoms with Gasteiger partial charge in [-0.25, -0.2) is 4.39 Å². The average Bonchev–Trinajstić information content (AvgIpc) is 2.87. The van der Waals surface area contributed by atoms with Crippen molar-refractivity contribution in [2.75, 3.05) is 0 Å². The lowest BCUT2D eigenvalue weighted by Gasteiger charge is -2.02. The molecule has 0 unspecified atom stereocenters. The van der Waals surface area contributed by atoms with E-state index >= 15 is 0 Å². The molecule has 0 saturated heterocycles. The lowest BCUT2D eigenvalue weighted by molar-refractivity contribution is 0.0998. The van der Waals surface area contributed by atoms with Crippen molar-refractivity contribution in [3.05, 3.63) is 76.3 Å². The first-order valence-electron chi connectivity index (χ1n) is 6.83. The zero-order chi connectivity index (χ0) is 16.4. The summed E-state index contributed by atoms with van der Waals surface area (Å²) < 4.78 is 15.7. The van der Waals surface area contributed by atoms with Gasteiger partial charge in [0.1, 0.15) is 5.82 Å². The molecule has 23 heavy (non-hydrogen) atoms. The third-order valence-corrected chi connectivity index (χ3v) is 4.60. The summed E-state index contributed by atoms with van der Waals surface area (Å²) in [7, 11) is 0. The van der Waals surface area contributed by atoms with Crippen molar-refractivity contribution in [1.29, 1.82) is 0 Å². The van der Waals surface area contributed by atoms with Gasteiger partial charge in [-0.05, 0) is 36.4 Å². The molecule has 0 N–H and O–H groups in total. The van der Waals surface area contributed by atoms with E-state index in [1.54, 1.807) is 12.1 Å². The normalized spacial score (nSPS) is 11.8. The Balaban J connectivity index is 2.16. The highest BCUT2D eigenvalue weighted by molar-refractivity contribution is 7.16. The molecule has 1 heterocycles. The number of amides is 1. The van der Waals surface area contributed by atoms with E-state index in [1.165, 1.54) is 35.6 Å². The summed E-state index contributed by atoms with van der Waals surface area (Å²) in [6.07, 6.45) is 1.72. The van der Waals surface area contributed by atoms with Gasteiger partial charge in [-0.1, -0.05) is 35.1 Å². The predicted octanol–water partition coefficient (Wildman–Crippen LogP) is 4.42. The Bertz CT molecular complexity index is 957. The number of carbonyl (C=O) groups excluding carboxylic acids is 1. The molecule has 0 bridgehead atoms. The minimum atomic E-state index is -0.425. The zero-order valence-corrected chi connectivity index (χ0v) is 13.6. The first-order chi connectivity index (χ1) is 11.1. The highest BCUT2D eigenvalue weighted by atomic mass is 35.5. The lowest BCUT2D eigenvalue weighted by Crippen LogP contribution is -2.16. The largest absolute Gasteiger partial charge is 0.311 e. The third kappa shape index (κ3) is 3.11. The molecule has 0 radical (unpaired) electrons. The number of hydrogen-bond acceptors (Lipinski definition) is 2. The third-order valence-electron chi connectivity index (χ3n) is 3.25. The van der Waals surface area contributed by atoms with E-state index in [1.807, 2.05) is 16.7 Å². The Morgan fingerprint density at radius 1 is 1.30 bits per heavy atom. The van der Waals surface area contributed by atoms with Gasteiger partial charge in [0.05, 0.1) is 15.2 Å². The van der Waals surface area contributed by atoms with Gasteiger partial charge in [-0.15, -0.1) is 6.58 Å². The maximum absolute atomic E-state index is 13.0. The number of hydrogen-bond donors (Lipinski definition) is 0. The van der Waals surface area contributed by atoms with E-state index in [2.05, 4.69) is 11.6 Å². The number of halogens is 2. The Morgan fingerprint density at radius 3 is 2.74 bits per heavy atom. The molecular weight excluding hydrogens is 335 g/mol. The van der Waals surface area contributed by atoms with Crippen molar-refractivity contribution < 1.29 is 9.18 Å². The minimum Gasteiger partial charge on any atom is -0.311 e. The monoisotopic (exact) mass is 346 g/mol. The molecule has 0 fully saturated rings. The quantitative estimate of drug-likeness (QED) is 0.646. The maximum Gasteiger partial charge on any atom is 0.279 e. The SMILES string of the molecule is C=CCn1c(=NC(=O)c2ccc(F)cc2)sc2cccc(Cl)c21. The van der Waals surface area contributed by atoms with Crippen LogP contribution in [0.25, 0.3) is 10.2 Å². The van der Waals surface area contributed by atoms with Crippen LogP contribution >= 0.6 is 22.9 Å². The van der Waals surface area contributed by atoms with Crippen LogP contribution in [0.15, 0.2) is 60.1 Å². The van der Waals surface area contributed by atoms with Gasteiger partial charge in [-0.2, -0.15) is 4.99 Å². The van der Waals surface area contributed by atoms with Crippen molar-refractivity contribution >= 4 is 39.1 Å². The molecule has 0 aliphatic carbocycles. The number of rotatable bonds is 3. The fourth-order valence-corrected chi connectivity index (χ4v) is 3.61. The zero-order valence-electron chi connectivity index (χ0n) is 12.0. The van der Waals surface area contributed by atoms with Crippen LogP contribution in [0.5, 0.6) is 0 Å². The van der Waals surface area contributed by atoms with Crippen LogP contribution in [0.4, 0.5) is 4.39 Å². The number of allylic oxidation sites excluding steroid dienone is 1. The minimum absolute atomic E-state index is 0.333. The molecule has 1 amide bonds. The molecule has 3 rings (SSSR count). The van der Waals surface area contributed by atoms with E-state index in [-0.39, 0.29) is 0 Å². The smallest absolute Gasteiger partial charge is 0.279 e. The number of thiazole rings is 1. The summed E-state index contributed by atoms with van der Waals surface area (Å²) in [5.41, 5.74) is 1.16. The Morgan fingerprint density at radius 2 is 2.04 bits per heavy atom. The Labute approximate surface area is 141 Å².